The van der Waals surface area contributed by atoms with Crippen LogP contribution in [0, 0.1) is 0 Å². The minimum absolute atomic E-state index is 0.0739. The Morgan fingerprint density at radius 3 is 2.89 bits per heavy atom. The van der Waals surface area contributed by atoms with Gasteiger partial charge in [-0.1, -0.05) is 11.2 Å². The van der Waals surface area contributed by atoms with Crippen molar-refractivity contribution in [2.75, 3.05) is 7.05 Å². The molecule has 1 N–H and O–H groups in total. The minimum atomic E-state index is 0.0739. The Labute approximate surface area is 107 Å². The molecule has 5 heteroatoms. The SMILES string of the molecule is CNC(C)Cc1noc(C(C)c2cccnc2)n1. The van der Waals surface area contributed by atoms with Gasteiger partial charge in [0.1, 0.15) is 0 Å². The van der Waals surface area contributed by atoms with Gasteiger partial charge in [-0.05, 0) is 32.5 Å². The van der Waals surface area contributed by atoms with E-state index in [9.17, 15) is 0 Å². The van der Waals surface area contributed by atoms with Gasteiger partial charge in [0.15, 0.2) is 5.82 Å². The van der Waals surface area contributed by atoms with E-state index in [2.05, 4.69) is 27.4 Å². The van der Waals surface area contributed by atoms with E-state index in [0.717, 1.165) is 17.8 Å². The average Bonchev–Trinajstić information content (AvgIpc) is 2.87. The van der Waals surface area contributed by atoms with E-state index < -0.39 is 0 Å². The summed E-state index contributed by atoms with van der Waals surface area (Å²) in [5.74, 6) is 1.45. The van der Waals surface area contributed by atoms with Crippen LogP contribution >= 0.6 is 0 Å². The molecule has 0 saturated carbocycles. The van der Waals surface area contributed by atoms with Crippen molar-refractivity contribution >= 4 is 0 Å². The third-order valence-corrected chi connectivity index (χ3v) is 3.02. The summed E-state index contributed by atoms with van der Waals surface area (Å²) < 4.78 is 5.31. The standard InChI is InChI=1S/C13H18N4O/c1-9(14-3)7-12-16-13(18-17-12)10(2)11-5-4-6-15-8-11/h4-6,8-10,14H,7H2,1-3H3. The van der Waals surface area contributed by atoms with E-state index in [1.54, 1.807) is 6.20 Å². The second-order valence-electron chi connectivity index (χ2n) is 4.45. The molecule has 96 valence electrons. The maximum absolute atomic E-state index is 5.31. The van der Waals surface area contributed by atoms with Crippen LogP contribution in [0.5, 0.6) is 0 Å². The lowest BCUT2D eigenvalue weighted by atomic mass is 10.0. The van der Waals surface area contributed by atoms with Crippen LogP contribution in [0.2, 0.25) is 0 Å². The molecule has 0 aliphatic heterocycles. The second kappa shape index (κ2) is 5.73. The molecule has 5 nitrogen and oxygen atoms in total. The summed E-state index contributed by atoms with van der Waals surface area (Å²) in [4.78, 5) is 8.53. The molecular weight excluding hydrogens is 228 g/mol. The Bertz CT molecular complexity index is 483. The third kappa shape index (κ3) is 2.92. The van der Waals surface area contributed by atoms with Gasteiger partial charge in [0.2, 0.25) is 5.89 Å². The van der Waals surface area contributed by atoms with Crippen LogP contribution in [0.25, 0.3) is 0 Å². The lowest BCUT2D eigenvalue weighted by molar-refractivity contribution is 0.363. The van der Waals surface area contributed by atoms with Gasteiger partial charge in [-0.2, -0.15) is 4.98 Å². The quantitative estimate of drug-likeness (QED) is 0.871. The zero-order valence-corrected chi connectivity index (χ0v) is 10.9. The van der Waals surface area contributed by atoms with Gasteiger partial charge in [0.05, 0.1) is 5.92 Å². The van der Waals surface area contributed by atoms with E-state index in [1.165, 1.54) is 0 Å². The van der Waals surface area contributed by atoms with E-state index in [0.29, 0.717) is 11.9 Å². The molecule has 2 aromatic rings. The first-order chi connectivity index (χ1) is 8.70. The molecular formula is C13H18N4O. The molecule has 2 atom stereocenters. The number of likely N-dealkylation sites (N-methyl/N-ethyl adjacent to an activating group) is 1. The fourth-order valence-electron chi connectivity index (χ4n) is 1.68. The largest absolute Gasteiger partial charge is 0.339 e. The maximum atomic E-state index is 5.31. The summed E-state index contributed by atoms with van der Waals surface area (Å²) in [7, 11) is 1.92. The molecule has 0 saturated heterocycles. The molecule has 0 aliphatic rings. The van der Waals surface area contributed by atoms with Crippen LogP contribution in [0.3, 0.4) is 0 Å². The third-order valence-electron chi connectivity index (χ3n) is 3.02. The highest BCUT2D eigenvalue weighted by Crippen LogP contribution is 2.21. The summed E-state index contributed by atoms with van der Waals surface area (Å²) in [5, 5.41) is 7.16. The number of nitrogens with zero attached hydrogens (tertiary/aromatic N) is 3. The predicted octanol–water partition coefficient (Wildman–Crippen LogP) is 1.77. The molecule has 0 fully saturated rings. The van der Waals surface area contributed by atoms with Gasteiger partial charge in [-0.3, -0.25) is 4.98 Å². The van der Waals surface area contributed by atoms with Gasteiger partial charge in [-0.15, -0.1) is 0 Å². The Hall–Kier alpha value is -1.75. The van der Waals surface area contributed by atoms with Crippen LogP contribution in [0.15, 0.2) is 29.0 Å². The summed E-state index contributed by atoms with van der Waals surface area (Å²) >= 11 is 0. The predicted molar refractivity (Wildman–Crippen MR) is 68.3 cm³/mol. The molecule has 0 aliphatic carbocycles. The Morgan fingerprint density at radius 2 is 2.22 bits per heavy atom. The van der Waals surface area contributed by atoms with Crippen molar-refractivity contribution in [2.45, 2.75) is 32.2 Å². The van der Waals surface area contributed by atoms with E-state index >= 15 is 0 Å². The normalized spacial score (nSPS) is 14.4. The zero-order valence-electron chi connectivity index (χ0n) is 10.9. The molecule has 0 radical (unpaired) electrons. The highest BCUT2D eigenvalue weighted by molar-refractivity contribution is 5.19. The van der Waals surface area contributed by atoms with Gasteiger partial charge < -0.3 is 9.84 Å². The lowest BCUT2D eigenvalue weighted by Gasteiger charge is -2.06. The number of nitrogens with one attached hydrogen (secondary N) is 1. The molecule has 0 bridgehead atoms. The zero-order chi connectivity index (χ0) is 13.0. The Morgan fingerprint density at radius 1 is 1.39 bits per heavy atom. The molecule has 2 heterocycles. The molecule has 0 spiro atoms. The number of pyridine rings is 1. The van der Waals surface area contributed by atoms with Crippen LogP contribution < -0.4 is 5.32 Å². The first kappa shape index (κ1) is 12.7. The van der Waals surface area contributed by atoms with E-state index in [4.69, 9.17) is 4.52 Å². The van der Waals surface area contributed by atoms with Gasteiger partial charge in [-0.25, -0.2) is 0 Å². The van der Waals surface area contributed by atoms with Gasteiger partial charge >= 0.3 is 0 Å². The van der Waals surface area contributed by atoms with E-state index in [-0.39, 0.29) is 5.92 Å². The van der Waals surface area contributed by atoms with Gasteiger partial charge in [0, 0.05) is 24.9 Å². The molecule has 0 amide bonds. The van der Waals surface area contributed by atoms with Gasteiger partial charge in [0.25, 0.3) is 0 Å². The lowest BCUT2D eigenvalue weighted by Crippen LogP contribution is -2.24. The van der Waals surface area contributed by atoms with Crippen molar-refractivity contribution in [3.63, 3.8) is 0 Å². The minimum Gasteiger partial charge on any atom is -0.339 e. The van der Waals surface area contributed by atoms with Crippen molar-refractivity contribution in [1.82, 2.24) is 20.4 Å². The summed E-state index contributed by atoms with van der Waals surface area (Å²) in [6.45, 7) is 4.12. The van der Waals surface area contributed by atoms with Crippen molar-refractivity contribution < 1.29 is 4.52 Å². The van der Waals surface area contributed by atoms with Crippen LogP contribution in [-0.2, 0) is 6.42 Å². The van der Waals surface area contributed by atoms with Crippen LogP contribution in [0.4, 0.5) is 0 Å². The molecule has 18 heavy (non-hydrogen) atoms. The second-order valence-corrected chi connectivity index (χ2v) is 4.45. The molecule has 2 rings (SSSR count). The Balaban J connectivity index is 2.10. The molecule has 0 aromatic carbocycles. The van der Waals surface area contributed by atoms with E-state index in [1.807, 2.05) is 32.3 Å². The topological polar surface area (TPSA) is 63.8 Å². The number of aromatic nitrogens is 3. The first-order valence-corrected chi connectivity index (χ1v) is 6.10. The molecule has 2 aromatic heterocycles. The Kier molecular flexibility index (Phi) is 4.04. The van der Waals surface area contributed by atoms with Crippen molar-refractivity contribution in [3.8, 4) is 0 Å². The van der Waals surface area contributed by atoms with Crippen molar-refractivity contribution in [2.24, 2.45) is 0 Å². The number of hydrogen-bond donors (Lipinski definition) is 1. The average molecular weight is 246 g/mol. The van der Waals surface area contributed by atoms with Crippen LogP contribution in [0.1, 0.15) is 37.0 Å². The molecule has 2 unspecified atom stereocenters. The first-order valence-electron chi connectivity index (χ1n) is 6.10. The fraction of sp³-hybridized carbons (Fsp3) is 0.462. The fourth-order valence-corrected chi connectivity index (χ4v) is 1.68. The highest BCUT2D eigenvalue weighted by Gasteiger charge is 2.17. The summed E-state index contributed by atoms with van der Waals surface area (Å²) in [5.41, 5.74) is 1.08. The number of hydrogen-bond acceptors (Lipinski definition) is 5. The summed E-state index contributed by atoms with van der Waals surface area (Å²) in [6.07, 6.45) is 4.34. The van der Waals surface area contributed by atoms with Crippen molar-refractivity contribution in [1.29, 1.82) is 0 Å². The highest BCUT2D eigenvalue weighted by atomic mass is 16.5. The number of rotatable bonds is 5. The monoisotopic (exact) mass is 246 g/mol. The maximum Gasteiger partial charge on any atom is 0.233 e. The summed E-state index contributed by atoms with van der Waals surface area (Å²) in [6, 6.07) is 4.26. The van der Waals surface area contributed by atoms with Crippen molar-refractivity contribution in [3.05, 3.63) is 41.8 Å². The smallest absolute Gasteiger partial charge is 0.233 e. The van der Waals surface area contributed by atoms with Crippen LogP contribution in [-0.4, -0.2) is 28.2 Å².